The molecule has 1 aliphatic heterocycles. The van der Waals surface area contributed by atoms with Crippen LogP contribution in [0.1, 0.15) is 36.1 Å². The van der Waals surface area contributed by atoms with Crippen LogP contribution < -0.4 is 10.2 Å². The summed E-state index contributed by atoms with van der Waals surface area (Å²) in [7, 11) is 0. The van der Waals surface area contributed by atoms with E-state index in [0.717, 1.165) is 72.2 Å². The summed E-state index contributed by atoms with van der Waals surface area (Å²) in [5.41, 5.74) is 5.45. The number of amides is 1. The van der Waals surface area contributed by atoms with Crippen molar-refractivity contribution in [3.05, 3.63) is 71.4 Å². The van der Waals surface area contributed by atoms with Gasteiger partial charge in [-0.2, -0.15) is 10.1 Å². The van der Waals surface area contributed by atoms with E-state index < -0.39 is 0 Å². The maximum atomic E-state index is 12.9. The zero-order valence-electron chi connectivity index (χ0n) is 19.8. The number of fused-ring (bicyclic) bond motifs is 1. The monoisotopic (exact) mass is 473 g/mol. The van der Waals surface area contributed by atoms with Gasteiger partial charge in [0.2, 0.25) is 5.91 Å². The highest BCUT2D eigenvalue weighted by atomic mass is 32.1. The van der Waals surface area contributed by atoms with Gasteiger partial charge in [0, 0.05) is 19.6 Å². The largest absolute Gasteiger partial charge is 0.356 e. The van der Waals surface area contributed by atoms with E-state index in [1.165, 1.54) is 11.1 Å². The van der Waals surface area contributed by atoms with Gasteiger partial charge >= 0.3 is 0 Å². The lowest BCUT2D eigenvalue weighted by Crippen LogP contribution is -2.43. The lowest BCUT2D eigenvalue weighted by molar-refractivity contribution is -0.125. The van der Waals surface area contributed by atoms with Crippen molar-refractivity contribution >= 4 is 32.7 Å². The first kappa shape index (κ1) is 22.6. The Morgan fingerprint density at radius 3 is 2.71 bits per heavy atom. The van der Waals surface area contributed by atoms with Gasteiger partial charge in [0.1, 0.15) is 0 Å². The number of hydrogen-bond acceptors (Lipinski definition) is 5. The molecule has 4 aromatic rings. The molecule has 1 amide bonds. The molecule has 3 heterocycles. The predicted octanol–water partition coefficient (Wildman–Crippen LogP) is 5.06. The van der Waals surface area contributed by atoms with Gasteiger partial charge in [0.25, 0.3) is 0 Å². The minimum atomic E-state index is 0.00665. The quantitative estimate of drug-likeness (QED) is 0.381. The molecule has 0 bridgehead atoms. The molecule has 2 aromatic heterocycles. The van der Waals surface area contributed by atoms with Crippen molar-refractivity contribution in [1.29, 1.82) is 0 Å². The number of carbonyl (C=O) groups excluding carboxylic acids is 1. The Labute approximate surface area is 204 Å². The van der Waals surface area contributed by atoms with Crippen molar-refractivity contribution in [2.75, 3.05) is 24.5 Å². The minimum absolute atomic E-state index is 0.00665. The molecule has 176 valence electrons. The summed E-state index contributed by atoms with van der Waals surface area (Å²) in [5, 5.41) is 8.87. The first-order chi connectivity index (χ1) is 16.6. The zero-order valence-corrected chi connectivity index (χ0v) is 20.6. The third-order valence-electron chi connectivity index (χ3n) is 6.50. The highest BCUT2D eigenvalue weighted by Crippen LogP contribution is 2.34. The van der Waals surface area contributed by atoms with Crippen LogP contribution in [0, 0.1) is 19.8 Å². The van der Waals surface area contributed by atoms with E-state index in [4.69, 9.17) is 10.1 Å². The van der Waals surface area contributed by atoms with Crippen molar-refractivity contribution in [3.63, 3.8) is 0 Å². The molecular formula is C27H31N5OS. The Morgan fingerprint density at radius 1 is 1.12 bits per heavy atom. The number of aryl methyl sites for hydroxylation is 3. The summed E-state index contributed by atoms with van der Waals surface area (Å²) >= 11 is 1.68. The number of anilines is 1. The average molecular weight is 474 g/mol. The highest BCUT2D eigenvalue weighted by Gasteiger charge is 2.28. The van der Waals surface area contributed by atoms with Gasteiger partial charge in [-0.1, -0.05) is 59.4 Å². The standard InChI is InChI=1S/C27H31N5OS/c1-19-12-14-23(15-13-19)32-25-24(20(2)30-32)34-27(29-25)31-17-7-11-22(18-31)26(33)28-16-6-10-21-8-4-3-5-9-21/h3-5,8-9,12-15,22H,6-7,10-11,16-18H2,1-2H3,(H,28,33)/t22-/m0/s1. The van der Waals surface area contributed by atoms with Gasteiger partial charge in [0.15, 0.2) is 10.8 Å². The second-order valence-corrected chi connectivity index (χ2v) is 10.1. The summed E-state index contributed by atoms with van der Waals surface area (Å²) in [4.78, 5) is 20.1. The first-order valence-electron chi connectivity index (χ1n) is 12.1. The van der Waals surface area contributed by atoms with Crippen LogP contribution in [0.2, 0.25) is 0 Å². The second kappa shape index (κ2) is 9.97. The number of carbonyl (C=O) groups is 1. The molecular weight excluding hydrogens is 442 g/mol. The summed E-state index contributed by atoms with van der Waals surface area (Å²) in [5.74, 6) is 0.174. The summed E-state index contributed by atoms with van der Waals surface area (Å²) in [6.45, 7) is 6.50. The fraction of sp³-hybridized carbons (Fsp3) is 0.370. The van der Waals surface area contributed by atoms with E-state index in [9.17, 15) is 4.79 Å². The Morgan fingerprint density at radius 2 is 1.91 bits per heavy atom. The Kier molecular flexibility index (Phi) is 6.63. The van der Waals surface area contributed by atoms with Crippen molar-refractivity contribution in [1.82, 2.24) is 20.1 Å². The number of piperidine rings is 1. The maximum Gasteiger partial charge on any atom is 0.224 e. The van der Waals surface area contributed by atoms with Crippen LogP contribution in [0.15, 0.2) is 54.6 Å². The van der Waals surface area contributed by atoms with Gasteiger partial charge in [-0.05, 0) is 57.2 Å². The topological polar surface area (TPSA) is 63.1 Å². The fourth-order valence-corrected chi connectivity index (χ4v) is 5.60. The molecule has 0 spiro atoms. The summed E-state index contributed by atoms with van der Waals surface area (Å²) in [6, 6.07) is 18.8. The zero-order chi connectivity index (χ0) is 23.5. The number of nitrogens with one attached hydrogen (secondary N) is 1. The molecule has 0 radical (unpaired) electrons. The minimum Gasteiger partial charge on any atom is -0.356 e. The van der Waals surface area contributed by atoms with E-state index >= 15 is 0 Å². The molecule has 1 N–H and O–H groups in total. The van der Waals surface area contributed by atoms with Crippen molar-refractivity contribution < 1.29 is 4.79 Å². The summed E-state index contributed by atoms with van der Waals surface area (Å²) in [6.07, 6.45) is 3.88. The van der Waals surface area contributed by atoms with Crippen molar-refractivity contribution in [2.24, 2.45) is 5.92 Å². The van der Waals surface area contributed by atoms with E-state index in [1.807, 2.05) is 17.7 Å². The Hall–Kier alpha value is -3.19. The molecule has 1 saturated heterocycles. The van der Waals surface area contributed by atoms with Gasteiger partial charge in [-0.25, -0.2) is 4.68 Å². The number of rotatable bonds is 7. The van der Waals surface area contributed by atoms with E-state index in [-0.39, 0.29) is 11.8 Å². The van der Waals surface area contributed by atoms with Gasteiger partial charge in [-0.15, -0.1) is 0 Å². The van der Waals surface area contributed by atoms with Crippen LogP contribution >= 0.6 is 11.3 Å². The molecule has 34 heavy (non-hydrogen) atoms. The van der Waals surface area contributed by atoms with E-state index in [0.29, 0.717) is 0 Å². The molecule has 0 aliphatic carbocycles. The number of thiazole rings is 1. The average Bonchev–Trinajstić information content (AvgIpc) is 3.44. The van der Waals surface area contributed by atoms with Crippen LogP contribution in [0.5, 0.6) is 0 Å². The van der Waals surface area contributed by atoms with Crippen LogP contribution in [-0.4, -0.2) is 40.3 Å². The molecule has 1 atom stereocenters. The predicted molar refractivity (Wildman–Crippen MR) is 139 cm³/mol. The maximum absolute atomic E-state index is 12.9. The summed E-state index contributed by atoms with van der Waals surface area (Å²) < 4.78 is 3.05. The van der Waals surface area contributed by atoms with Gasteiger partial charge < -0.3 is 10.2 Å². The van der Waals surface area contributed by atoms with Crippen molar-refractivity contribution in [3.8, 4) is 5.69 Å². The van der Waals surface area contributed by atoms with Crippen LogP contribution in [0.4, 0.5) is 5.13 Å². The van der Waals surface area contributed by atoms with Crippen LogP contribution in [0.25, 0.3) is 16.0 Å². The first-order valence-corrected chi connectivity index (χ1v) is 12.9. The van der Waals surface area contributed by atoms with Crippen LogP contribution in [0.3, 0.4) is 0 Å². The normalized spacial score (nSPS) is 16.2. The number of benzene rings is 2. The third kappa shape index (κ3) is 4.85. The molecule has 1 aliphatic rings. The highest BCUT2D eigenvalue weighted by molar-refractivity contribution is 7.22. The number of nitrogens with zero attached hydrogens (tertiary/aromatic N) is 4. The van der Waals surface area contributed by atoms with Crippen molar-refractivity contribution in [2.45, 2.75) is 39.5 Å². The smallest absolute Gasteiger partial charge is 0.224 e. The number of hydrogen-bond donors (Lipinski definition) is 1. The molecule has 0 saturated carbocycles. The molecule has 7 heteroatoms. The molecule has 6 nitrogen and oxygen atoms in total. The molecule has 5 rings (SSSR count). The third-order valence-corrected chi connectivity index (χ3v) is 7.72. The lowest BCUT2D eigenvalue weighted by atomic mass is 9.97. The SMILES string of the molecule is Cc1ccc(-n2nc(C)c3sc(N4CCC[C@H](C(=O)NCCCc5ccccc5)C4)nc32)cc1. The molecule has 1 fully saturated rings. The lowest BCUT2D eigenvalue weighted by Gasteiger charge is -2.31. The van der Waals surface area contributed by atoms with Crippen LogP contribution in [-0.2, 0) is 11.2 Å². The van der Waals surface area contributed by atoms with Gasteiger partial charge in [0.05, 0.1) is 22.0 Å². The fourth-order valence-electron chi connectivity index (χ4n) is 4.58. The van der Waals surface area contributed by atoms with E-state index in [1.54, 1.807) is 11.3 Å². The Bertz CT molecular complexity index is 1260. The van der Waals surface area contributed by atoms with Gasteiger partial charge in [-0.3, -0.25) is 4.79 Å². The Balaban J connectivity index is 1.23. The molecule has 0 unspecified atom stereocenters. The number of aromatic nitrogens is 3. The molecule has 2 aromatic carbocycles. The van der Waals surface area contributed by atoms with E-state index in [2.05, 4.69) is 65.7 Å². The second-order valence-electron chi connectivity index (χ2n) is 9.15.